The average molecular weight is 398 g/mol. The first kappa shape index (κ1) is 18.9. The molecule has 1 aliphatic carbocycles. The Morgan fingerprint density at radius 3 is 2.93 bits per heavy atom. The van der Waals surface area contributed by atoms with E-state index in [4.69, 9.17) is 4.74 Å². The summed E-state index contributed by atoms with van der Waals surface area (Å²) in [6, 6.07) is 6.17. The summed E-state index contributed by atoms with van der Waals surface area (Å²) in [5.74, 6) is -0.289. The summed E-state index contributed by atoms with van der Waals surface area (Å²) >= 11 is 0. The van der Waals surface area contributed by atoms with E-state index in [1.165, 1.54) is 12.1 Å². The molecule has 3 aliphatic rings. The Bertz CT molecular complexity index is 785. The Kier molecular flexibility index (Phi) is 4.63. The van der Waals surface area contributed by atoms with Crippen molar-refractivity contribution in [3.8, 4) is 5.75 Å². The highest BCUT2D eigenvalue weighted by atomic mass is 19.4. The first-order valence-electron chi connectivity index (χ1n) is 9.32. The molecule has 1 aromatic carbocycles. The fourth-order valence-electron chi connectivity index (χ4n) is 4.44. The van der Waals surface area contributed by atoms with Crippen LogP contribution in [0, 0.1) is 11.8 Å². The van der Waals surface area contributed by atoms with E-state index >= 15 is 0 Å². The molecule has 0 bridgehead atoms. The maximum atomic E-state index is 12.8. The number of carbonyl (C=O) groups excluding carboxylic acids is 2. The van der Waals surface area contributed by atoms with E-state index < -0.39 is 12.5 Å². The first-order valence-corrected chi connectivity index (χ1v) is 9.32. The van der Waals surface area contributed by atoms with Crippen molar-refractivity contribution in [3.05, 3.63) is 29.8 Å². The fourth-order valence-corrected chi connectivity index (χ4v) is 4.44. The summed E-state index contributed by atoms with van der Waals surface area (Å²) in [5, 5.41) is 2.58. The third-order valence-electron chi connectivity index (χ3n) is 6.00. The summed E-state index contributed by atoms with van der Waals surface area (Å²) < 4.78 is 46.4. The lowest BCUT2D eigenvalue weighted by atomic mass is 9.86. The third kappa shape index (κ3) is 3.74. The molecule has 2 unspecified atom stereocenters. The van der Waals surface area contributed by atoms with E-state index in [2.05, 4.69) is 10.1 Å². The molecule has 0 aromatic heterocycles. The Balaban J connectivity index is 1.41. The number of cyclic esters (lactones) is 1. The van der Waals surface area contributed by atoms with Gasteiger partial charge in [-0.25, -0.2) is 4.79 Å². The molecule has 6 nitrogen and oxygen atoms in total. The molecule has 3 fully saturated rings. The number of hydrogen-bond donors (Lipinski definition) is 1. The average Bonchev–Trinajstić information content (AvgIpc) is 3.40. The van der Waals surface area contributed by atoms with Crippen LogP contribution in [0.1, 0.15) is 24.8 Å². The molecular weight excluding hydrogens is 377 g/mol. The van der Waals surface area contributed by atoms with E-state index in [1.54, 1.807) is 6.07 Å². The highest BCUT2D eigenvalue weighted by molar-refractivity contribution is 5.80. The van der Waals surface area contributed by atoms with Gasteiger partial charge in [0.2, 0.25) is 5.91 Å². The van der Waals surface area contributed by atoms with Crippen LogP contribution in [0.3, 0.4) is 0 Å². The number of nitrogens with one attached hydrogen (secondary N) is 1. The smallest absolute Gasteiger partial charge is 0.450 e. The van der Waals surface area contributed by atoms with Crippen LogP contribution < -0.4 is 10.1 Å². The molecule has 2 heterocycles. The largest absolute Gasteiger partial charge is 0.573 e. The van der Waals surface area contributed by atoms with Crippen molar-refractivity contribution in [1.29, 1.82) is 0 Å². The van der Waals surface area contributed by atoms with Crippen LogP contribution in [0.25, 0.3) is 0 Å². The fraction of sp³-hybridized carbons (Fsp3) is 0.579. The van der Waals surface area contributed by atoms with Gasteiger partial charge in [-0.2, -0.15) is 0 Å². The quantitative estimate of drug-likeness (QED) is 0.850. The number of ether oxygens (including phenoxy) is 2. The summed E-state index contributed by atoms with van der Waals surface area (Å²) in [4.78, 5) is 25.9. The van der Waals surface area contributed by atoms with Crippen molar-refractivity contribution in [1.82, 2.24) is 10.2 Å². The van der Waals surface area contributed by atoms with Gasteiger partial charge < -0.3 is 19.7 Å². The standard InChI is InChI=1S/C19H21F3N2O4/c20-19(21,22)28-15-3-1-2-13(8-15)18-5-6-24(11-14(18)9-18)16(25)12-4-7-27-17(26)23-10-12/h1-3,8,12,14H,4-7,9-11H2,(H,23,26)/t12-,14?,18?/m1/s1. The Morgan fingerprint density at radius 2 is 2.18 bits per heavy atom. The van der Waals surface area contributed by atoms with Gasteiger partial charge in [0.25, 0.3) is 0 Å². The molecular formula is C19H21F3N2O4. The van der Waals surface area contributed by atoms with Gasteiger partial charge in [-0.3, -0.25) is 4.79 Å². The topological polar surface area (TPSA) is 67.9 Å². The van der Waals surface area contributed by atoms with Crippen LogP contribution in [0.5, 0.6) is 5.75 Å². The zero-order chi connectivity index (χ0) is 19.9. The van der Waals surface area contributed by atoms with Crippen LogP contribution in [0.4, 0.5) is 18.0 Å². The molecule has 4 rings (SSSR count). The number of alkyl carbamates (subject to hydrolysis) is 1. The van der Waals surface area contributed by atoms with Crippen LogP contribution in [0.2, 0.25) is 0 Å². The molecule has 0 radical (unpaired) electrons. The highest BCUT2D eigenvalue weighted by Gasteiger charge is 2.58. The minimum atomic E-state index is -4.72. The number of hydrogen-bond acceptors (Lipinski definition) is 4. The number of amides is 2. The number of fused-ring (bicyclic) bond motifs is 1. The number of piperidine rings is 1. The predicted octanol–water partition coefficient (Wildman–Crippen LogP) is 2.82. The Hall–Kier alpha value is -2.45. The van der Waals surface area contributed by atoms with Crippen LogP contribution >= 0.6 is 0 Å². The number of rotatable bonds is 3. The van der Waals surface area contributed by atoms with Crippen LogP contribution in [0.15, 0.2) is 24.3 Å². The Morgan fingerprint density at radius 1 is 1.36 bits per heavy atom. The van der Waals surface area contributed by atoms with Gasteiger partial charge in [-0.15, -0.1) is 13.2 Å². The van der Waals surface area contributed by atoms with Crippen molar-refractivity contribution in [3.63, 3.8) is 0 Å². The van der Waals surface area contributed by atoms with Gasteiger partial charge in [0.05, 0.1) is 12.5 Å². The number of likely N-dealkylation sites (tertiary alicyclic amines) is 1. The molecule has 2 aliphatic heterocycles. The lowest BCUT2D eigenvalue weighted by Crippen LogP contribution is -2.45. The van der Waals surface area contributed by atoms with E-state index in [1.807, 2.05) is 11.0 Å². The summed E-state index contributed by atoms with van der Waals surface area (Å²) in [5.41, 5.74) is 0.657. The molecule has 2 saturated heterocycles. The molecule has 3 atom stereocenters. The van der Waals surface area contributed by atoms with Gasteiger partial charge in [0.15, 0.2) is 0 Å². The second-order valence-electron chi connectivity index (χ2n) is 7.67. The van der Waals surface area contributed by atoms with Gasteiger partial charge in [-0.1, -0.05) is 12.1 Å². The molecule has 1 N–H and O–H groups in total. The van der Waals surface area contributed by atoms with Crippen LogP contribution in [-0.2, 0) is 14.9 Å². The molecule has 0 spiro atoms. The van der Waals surface area contributed by atoms with E-state index in [0.29, 0.717) is 25.9 Å². The number of alkyl halides is 3. The number of nitrogens with zero attached hydrogens (tertiary/aromatic N) is 1. The van der Waals surface area contributed by atoms with Crippen LogP contribution in [-0.4, -0.2) is 49.5 Å². The molecule has 152 valence electrons. The lowest BCUT2D eigenvalue weighted by molar-refractivity contribution is -0.274. The number of halogens is 3. The molecule has 9 heteroatoms. The third-order valence-corrected chi connectivity index (χ3v) is 6.00. The first-order chi connectivity index (χ1) is 13.3. The van der Waals surface area contributed by atoms with E-state index in [-0.39, 0.29) is 42.1 Å². The van der Waals surface area contributed by atoms with Crippen molar-refractivity contribution in [2.24, 2.45) is 11.8 Å². The molecule has 28 heavy (non-hydrogen) atoms. The normalized spacial score (nSPS) is 29.8. The second-order valence-corrected chi connectivity index (χ2v) is 7.67. The number of carbonyl (C=O) groups is 2. The van der Waals surface area contributed by atoms with Crippen molar-refractivity contribution in [2.45, 2.75) is 31.0 Å². The maximum absolute atomic E-state index is 12.8. The minimum Gasteiger partial charge on any atom is -0.450 e. The predicted molar refractivity (Wildman–Crippen MR) is 91.6 cm³/mol. The van der Waals surface area contributed by atoms with Gasteiger partial charge in [0, 0.05) is 25.0 Å². The number of benzene rings is 1. The summed E-state index contributed by atoms with van der Waals surface area (Å²) in [6.07, 6.45) is -3.19. The second kappa shape index (κ2) is 6.86. The molecule has 2 amide bonds. The maximum Gasteiger partial charge on any atom is 0.573 e. The van der Waals surface area contributed by atoms with Crippen molar-refractivity contribution < 1.29 is 32.2 Å². The van der Waals surface area contributed by atoms with Crippen molar-refractivity contribution >= 4 is 12.0 Å². The van der Waals surface area contributed by atoms with Gasteiger partial charge in [-0.05, 0) is 42.9 Å². The molecule has 1 aromatic rings. The SMILES string of the molecule is O=C1NC[C@H](C(=O)N2CCC3(c4cccc(OC(F)(F)F)c4)CC3C2)CCO1. The monoisotopic (exact) mass is 398 g/mol. The van der Waals surface area contributed by atoms with Crippen molar-refractivity contribution in [2.75, 3.05) is 26.2 Å². The van der Waals surface area contributed by atoms with Gasteiger partial charge >= 0.3 is 12.5 Å². The summed E-state index contributed by atoms with van der Waals surface area (Å²) in [7, 11) is 0. The van der Waals surface area contributed by atoms with Gasteiger partial charge in [0.1, 0.15) is 5.75 Å². The zero-order valence-corrected chi connectivity index (χ0v) is 15.1. The lowest BCUT2D eigenvalue weighted by Gasteiger charge is -2.34. The zero-order valence-electron chi connectivity index (χ0n) is 15.1. The molecule has 1 saturated carbocycles. The Labute approximate surface area is 160 Å². The minimum absolute atomic E-state index is 0.000422. The van der Waals surface area contributed by atoms with E-state index in [9.17, 15) is 22.8 Å². The van der Waals surface area contributed by atoms with E-state index in [0.717, 1.165) is 12.0 Å². The summed E-state index contributed by atoms with van der Waals surface area (Å²) in [6.45, 7) is 1.61. The highest BCUT2D eigenvalue weighted by Crippen LogP contribution is 2.59.